The molecule has 1 fully saturated rings. The Morgan fingerprint density at radius 2 is 1.96 bits per heavy atom. The molecule has 1 N–H and O–H groups in total. The minimum atomic E-state index is 0.378. The number of hydrogen-bond acceptors (Lipinski definition) is 3. The summed E-state index contributed by atoms with van der Waals surface area (Å²) >= 11 is 0. The van der Waals surface area contributed by atoms with Crippen LogP contribution in [0.4, 0.5) is 5.69 Å². The van der Waals surface area contributed by atoms with Crippen molar-refractivity contribution < 1.29 is 4.52 Å². The van der Waals surface area contributed by atoms with Gasteiger partial charge in [-0.05, 0) is 55.7 Å². The highest BCUT2D eigenvalue weighted by atomic mass is 16.5. The highest BCUT2D eigenvalue weighted by molar-refractivity contribution is 5.53. The van der Waals surface area contributed by atoms with Gasteiger partial charge >= 0.3 is 0 Å². The van der Waals surface area contributed by atoms with Gasteiger partial charge in [0.2, 0.25) is 0 Å². The fourth-order valence-corrected chi connectivity index (χ4v) is 4.39. The molecule has 1 aromatic heterocycles. The summed E-state index contributed by atoms with van der Waals surface area (Å²) in [4.78, 5) is 0. The number of anilines is 1. The Hall–Kier alpha value is -1.77. The Kier molecular flexibility index (Phi) is 4.11. The summed E-state index contributed by atoms with van der Waals surface area (Å²) < 4.78 is 5.37. The van der Waals surface area contributed by atoms with Crippen LogP contribution >= 0.6 is 0 Å². The number of nitrogens with one attached hydrogen (secondary N) is 1. The number of aromatic nitrogens is 1. The Balaban J connectivity index is 1.62. The number of nitrogens with zero attached hydrogens (tertiary/aromatic N) is 1. The van der Waals surface area contributed by atoms with Crippen LogP contribution < -0.4 is 5.32 Å². The third-order valence-electron chi connectivity index (χ3n) is 5.63. The molecule has 23 heavy (non-hydrogen) atoms. The van der Waals surface area contributed by atoms with Gasteiger partial charge in [-0.3, -0.25) is 0 Å². The Morgan fingerprint density at radius 1 is 1.09 bits per heavy atom. The van der Waals surface area contributed by atoms with E-state index in [0.29, 0.717) is 12.0 Å². The molecule has 1 atom stereocenters. The molecule has 1 unspecified atom stereocenters. The third-order valence-corrected chi connectivity index (χ3v) is 5.63. The van der Waals surface area contributed by atoms with Gasteiger partial charge in [0.1, 0.15) is 12.0 Å². The van der Waals surface area contributed by atoms with E-state index in [4.69, 9.17) is 4.52 Å². The van der Waals surface area contributed by atoms with Gasteiger partial charge in [0, 0.05) is 12.0 Å². The largest absolute Gasteiger partial charge is 0.378 e. The van der Waals surface area contributed by atoms with Crippen molar-refractivity contribution in [1.29, 1.82) is 0 Å². The standard InChI is InChI=1S/C20H26N2O/c1-14-7-5-11-17-16(14)10-6-12-18(17)20-19(13-23-22-20)21-15-8-3-2-4-9-15/h5,7,11,13,15,18,21H,2-4,6,8-10,12H2,1H3. The van der Waals surface area contributed by atoms with Crippen molar-refractivity contribution in [1.82, 2.24) is 5.16 Å². The van der Waals surface area contributed by atoms with Crippen molar-refractivity contribution in [2.45, 2.75) is 70.3 Å². The number of fused-ring (bicyclic) bond motifs is 1. The van der Waals surface area contributed by atoms with E-state index in [-0.39, 0.29) is 0 Å². The summed E-state index contributed by atoms with van der Waals surface area (Å²) in [6, 6.07) is 7.28. The Bertz CT molecular complexity index is 670. The van der Waals surface area contributed by atoms with Crippen molar-refractivity contribution in [3.63, 3.8) is 0 Å². The second-order valence-corrected chi connectivity index (χ2v) is 7.18. The summed E-state index contributed by atoms with van der Waals surface area (Å²) in [6.45, 7) is 2.23. The smallest absolute Gasteiger partial charge is 0.147 e. The summed E-state index contributed by atoms with van der Waals surface area (Å²) in [6.07, 6.45) is 12.0. The zero-order valence-electron chi connectivity index (χ0n) is 14.0. The van der Waals surface area contributed by atoms with Crippen LogP contribution in [0.2, 0.25) is 0 Å². The lowest BCUT2D eigenvalue weighted by atomic mass is 9.79. The lowest BCUT2D eigenvalue weighted by molar-refractivity contribution is 0.404. The molecular weight excluding hydrogens is 284 g/mol. The molecule has 122 valence electrons. The van der Waals surface area contributed by atoms with E-state index in [1.165, 1.54) is 68.1 Å². The van der Waals surface area contributed by atoms with E-state index in [0.717, 1.165) is 11.4 Å². The molecule has 0 radical (unpaired) electrons. The van der Waals surface area contributed by atoms with E-state index in [9.17, 15) is 0 Å². The molecule has 0 amide bonds. The van der Waals surface area contributed by atoms with E-state index >= 15 is 0 Å². The molecule has 1 heterocycles. The van der Waals surface area contributed by atoms with E-state index < -0.39 is 0 Å². The molecule has 2 aliphatic rings. The van der Waals surface area contributed by atoms with Gasteiger partial charge < -0.3 is 9.84 Å². The highest BCUT2D eigenvalue weighted by Crippen LogP contribution is 2.40. The topological polar surface area (TPSA) is 38.1 Å². The van der Waals surface area contributed by atoms with Crippen LogP contribution in [0.25, 0.3) is 0 Å². The first-order valence-corrected chi connectivity index (χ1v) is 9.12. The van der Waals surface area contributed by atoms with Crippen LogP contribution in [0, 0.1) is 6.92 Å². The van der Waals surface area contributed by atoms with Gasteiger partial charge in [-0.15, -0.1) is 0 Å². The quantitative estimate of drug-likeness (QED) is 0.847. The first-order valence-electron chi connectivity index (χ1n) is 9.12. The predicted octanol–water partition coefficient (Wildman–Crippen LogP) is 5.20. The van der Waals surface area contributed by atoms with Gasteiger partial charge in [0.25, 0.3) is 0 Å². The fraction of sp³-hybridized carbons (Fsp3) is 0.550. The van der Waals surface area contributed by atoms with E-state index in [1.54, 1.807) is 0 Å². The van der Waals surface area contributed by atoms with Gasteiger partial charge in [0.05, 0.1) is 5.69 Å². The highest BCUT2D eigenvalue weighted by Gasteiger charge is 2.28. The molecule has 0 saturated heterocycles. The van der Waals surface area contributed by atoms with Gasteiger partial charge in [-0.1, -0.05) is 42.6 Å². The molecule has 4 rings (SSSR count). The number of benzene rings is 1. The second kappa shape index (κ2) is 6.38. The second-order valence-electron chi connectivity index (χ2n) is 7.18. The Labute approximate surface area is 138 Å². The molecule has 3 nitrogen and oxygen atoms in total. The number of aryl methyl sites for hydroxylation is 1. The van der Waals surface area contributed by atoms with Gasteiger partial charge in [0.15, 0.2) is 0 Å². The first-order chi connectivity index (χ1) is 11.3. The minimum absolute atomic E-state index is 0.378. The average molecular weight is 310 g/mol. The average Bonchev–Trinajstić information content (AvgIpc) is 3.04. The summed E-state index contributed by atoms with van der Waals surface area (Å²) in [5.41, 5.74) is 6.63. The minimum Gasteiger partial charge on any atom is -0.378 e. The molecule has 0 bridgehead atoms. The lowest BCUT2D eigenvalue weighted by Crippen LogP contribution is -2.23. The Morgan fingerprint density at radius 3 is 2.83 bits per heavy atom. The maximum atomic E-state index is 5.37. The fourth-order valence-electron chi connectivity index (χ4n) is 4.39. The van der Waals surface area contributed by atoms with Crippen LogP contribution in [0.15, 0.2) is 29.0 Å². The van der Waals surface area contributed by atoms with Gasteiger partial charge in [-0.25, -0.2) is 0 Å². The van der Waals surface area contributed by atoms with E-state index in [1.807, 2.05) is 6.26 Å². The predicted molar refractivity (Wildman–Crippen MR) is 93.0 cm³/mol. The molecule has 3 heteroatoms. The van der Waals surface area contributed by atoms with Crippen LogP contribution in [0.1, 0.15) is 73.2 Å². The number of hydrogen-bond donors (Lipinski definition) is 1. The van der Waals surface area contributed by atoms with Crippen LogP contribution in [0.5, 0.6) is 0 Å². The van der Waals surface area contributed by atoms with Crippen LogP contribution in [0.3, 0.4) is 0 Å². The van der Waals surface area contributed by atoms with Crippen molar-refractivity contribution in [2.75, 3.05) is 5.32 Å². The molecule has 2 aromatic rings. The molecular formula is C20H26N2O. The molecule has 1 saturated carbocycles. The van der Waals surface area contributed by atoms with Crippen molar-refractivity contribution in [2.24, 2.45) is 0 Å². The third kappa shape index (κ3) is 2.89. The lowest BCUT2D eigenvalue weighted by Gasteiger charge is -2.28. The van der Waals surface area contributed by atoms with Crippen LogP contribution in [-0.4, -0.2) is 11.2 Å². The molecule has 2 aliphatic carbocycles. The molecule has 1 aromatic carbocycles. The monoisotopic (exact) mass is 310 g/mol. The maximum Gasteiger partial charge on any atom is 0.147 e. The summed E-state index contributed by atoms with van der Waals surface area (Å²) in [7, 11) is 0. The maximum absolute atomic E-state index is 5.37. The van der Waals surface area contributed by atoms with Gasteiger partial charge in [-0.2, -0.15) is 0 Å². The van der Waals surface area contributed by atoms with Crippen molar-refractivity contribution in [3.05, 3.63) is 46.8 Å². The first kappa shape index (κ1) is 14.8. The zero-order chi connectivity index (χ0) is 15.6. The normalized spacial score (nSPS) is 21.9. The SMILES string of the molecule is Cc1cccc2c1CCCC2c1nocc1NC1CCCCC1. The zero-order valence-corrected chi connectivity index (χ0v) is 14.0. The number of rotatable bonds is 3. The van der Waals surface area contributed by atoms with Crippen molar-refractivity contribution >= 4 is 5.69 Å². The summed E-state index contributed by atoms with van der Waals surface area (Å²) in [5.74, 6) is 0.378. The molecule has 0 spiro atoms. The van der Waals surface area contributed by atoms with Crippen molar-refractivity contribution in [3.8, 4) is 0 Å². The van der Waals surface area contributed by atoms with Crippen LogP contribution in [-0.2, 0) is 6.42 Å². The molecule has 0 aliphatic heterocycles. The van der Waals surface area contributed by atoms with E-state index in [2.05, 4.69) is 35.6 Å². The summed E-state index contributed by atoms with van der Waals surface area (Å²) in [5, 5.41) is 8.11.